The molecular weight excluding hydrogens is 144 g/mol. The number of rotatable bonds is 3. The Hall–Kier alpha value is -0.990. The zero-order valence-corrected chi connectivity index (χ0v) is 6.85. The van der Waals surface area contributed by atoms with E-state index in [4.69, 9.17) is 9.47 Å². The van der Waals surface area contributed by atoms with Gasteiger partial charge in [-0.15, -0.1) is 0 Å². The molecule has 11 heavy (non-hydrogen) atoms. The van der Waals surface area contributed by atoms with Crippen molar-refractivity contribution in [1.82, 2.24) is 0 Å². The van der Waals surface area contributed by atoms with Gasteiger partial charge in [-0.3, -0.25) is 4.79 Å². The summed E-state index contributed by atoms with van der Waals surface area (Å²) in [6, 6.07) is 0. The molecular formula is C8H12O3. The second-order valence-electron chi connectivity index (χ2n) is 2.50. The number of carbonyl (C=O) groups excluding carboxylic acids is 1. The number of methoxy groups -OCH3 is 1. The number of esters is 1. The molecule has 0 aromatic heterocycles. The predicted molar refractivity (Wildman–Crippen MR) is 39.7 cm³/mol. The van der Waals surface area contributed by atoms with Crippen molar-refractivity contribution in [3.63, 3.8) is 0 Å². The molecule has 0 unspecified atom stereocenters. The van der Waals surface area contributed by atoms with E-state index in [2.05, 4.69) is 6.92 Å². The van der Waals surface area contributed by atoms with Crippen molar-refractivity contribution in [1.29, 1.82) is 0 Å². The fourth-order valence-electron chi connectivity index (χ4n) is 1.14. The van der Waals surface area contributed by atoms with E-state index in [1.54, 1.807) is 0 Å². The van der Waals surface area contributed by atoms with Crippen molar-refractivity contribution < 1.29 is 14.3 Å². The molecule has 0 saturated carbocycles. The number of ether oxygens (including phenoxy) is 2. The normalized spacial score (nSPS) is 17.1. The van der Waals surface area contributed by atoms with Gasteiger partial charge in [0.15, 0.2) is 0 Å². The molecule has 3 heteroatoms. The summed E-state index contributed by atoms with van der Waals surface area (Å²) < 4.78 is 9.68. The molecule has 0 aromatic carbocycles. The summed E-state index contributed by atoms with van der Waals surface area (Å²) in [5.41, 5.74) is 0.986. The van der Waals surface area contributed by atoms with Crippen LogP contribution in [0.4, 0.5) is 0 Å². The van der Waals surface area contributed by atoms with Gasteiger partial charge in [-0.05, 0) is 6.42 Å². The van der Waals surface area contributed by atoms with Crippen molar-refractivity contribution in [3.8, 4) is 0 Å². The SMILES string of the molecule is CCCC1=C(OC)OC(=O)C1. The lowest BCUT2D eigenvalue weighted by Gasteiger charge is -2.00. The van der Waals surface area contributed by atoms with Crippen molar-refractivity contribution in [2.45, 2.75) is 26.2 Å². The Labute approximate surface area is 66.0 Å². The first-order valence-corrected chi connectivity index (χ1v) is 3.74. The van der Waals surface area contributed by atoms with Gasteiger partial charge in [0.2, 0.25) is 0 Å². The van der Waals surface area contributed by atoms with Gasteiger partial charge >= 0.3 is 5.97 Å². The average molecular weight is 156 g/mol. The first kappa shape index (κ1) is 8.11. The van der Waals surface area contributed by atoms with Gasteiger partial charge in [0.05, 0.1) is 13.5 Å². The molecule has 1 aliphatic heterocycles. The molecule has 0 aliphatic carbocycles. The topological polar surface area (TPSA) is 35.5 Å². The number of hydrogen-bond acceptors (Lipinski definition) is 3. The van der Waals surface area contributed by atoms with Gasteiger partial charge < -0.3 is 9.47 Å². The van der Waals surface area contributed by atoms with Crippen LogP contribution in [0.3, 0.4) is 0 Å². The Kier molecular flexibility index (Phi) is 2.52. The molecule has 0 fully saturated rings. The quantitative estimate of drug-likeness (QED) is 0.582. The Balaban J connectivity index is 2.63. The van der Waals surface area contributed by atoms with Crippen LogP contribution in [0, 0.1) is 0 Å². The minimum atomic E-state index is -0.203. The van der Waals surface area contributed by atoms with E-state index in [0.717, 1.165) is 18.4 Å². The Bertz CT molecular complexity index is 194. The molecule has 62 valence electrons. The maximum atomic E-state index is 10.8. The third kappa shape index (κ3) is 1.73. The molecule has 1 rings (SSSR count). The number of hydrogen-bond donors (Lipinski definition) is 0. The smallest absolute Gasteiger partial charge is 0.317 e. The lowest BCUT2D eigenvalue weighted by molar-refractivity contribution is -0.140. The average Bonchev–Trinajstić information content (AvgIpc) is 2.32. The summed E-state index contributed by atoms with van der Waals surface area (Å²) in [5.74, 6) is 0.210. The van der Waals surface area contributed by atoms with Crippen LogP contribution in [0.2, 0.25) is 0 Å². The Morgan fingerprint density at radius 3 is 2.91 bits per heavy atom. The molecule has 0 N–H and O–H groups in total. The Morgan fingerprint density at radius 1 is 1.64 bits per heavy atom. The molecule has 0 radical (unpaired) electrons. The summed E-state index contributed by atoms with van der Waals surface area (Å²) in [5, 5.41) is 0. The summed E-state index contributed by atoms with van der Waals surface area (Å²) in [7, 11) is 1.52. The summed E-state index contributed by atoms with van der Waals surface area (Å²) in [6.07, 6.45) is 2.30. The largest absolute Gasteiger partial charge is 0.468 e. The monoisotopic (exact) mass is 156 g/mol. The van der Waals surface area contributed by atoms with Gasteiger partial charge in [-0.2, -0.15) is 0 Å². The molecule has 1 aliphatic rings. The highest BCUT2D eigenvalue weighted by Crippen LogP contribution is 2.24. The van der Waals surface area contributed by atoms with Crippen LogP contribution in [0.1, 0.15) is 26.2 Å². The van der Waals surface area contributed by atoms with Crippen LogP contribution < -0.4 is 0 Å². The summed E-state index contributed by atoms with van der Waals surface area (Å²) >= 11 is 0. The van der Waals surface area contributed by atoms with Crippen molar-refractivity contribution in [2.75, 3.05) is 7.11 Å². The van der Waals surface area contributed by atoms with E-state index in [1.807, 2.05) is 0 Å². The van der Waals surface area contributed by atoms with Gasteiger partial charge in [0.25, 0.3) is 5.95 Å². The first-order chi connectivity index (χ1) is 5.27. The minimum absolute atomic E-state index is 0.203. The second-order valence-corrected chi connectivity index (χ2v) is 2.50. The highest BCUT2D eigenvalue weighted by Gasteiger charge is 2.23. The Morgan fingerprint density at radius 2 is 2.36 bits per heavy atom. The van der Waals surface area contributed by atoms with Gasteiger partial charge in [-0.25, -0.2) is 0 Å². The number of carbonyl (C=O) groups is 1. The van der Waals surface area contributed by atoms with Gasteiger partial charge in [-0.1, -0.05) is 13.3 Å². The lowest BCUT2D eigenvalue weighted by Crippen LogP contribution is -1.94. The molecule has 0 amide bonds. The van der Waals surface area contributed by atoms with E-state index in [1.165, 1.54) is 7.11 Å². The lowest BCUT2D eigenvalue weighted by atomic mass is 10.1. The molecule has 0 saturated heterocycles. The highest BCUT2D eigenvalue weighted by molar-refractivity contribution is 5.76. The van der Waals surface area contributed by atoms with E-state index in [-0.39, 0.29) is 5.97 Å². The number of cyclic esters (lactones) is 1. The van der Waals surface area contributed by atoms with Crippen LogP contribution >= 0.6 is 0 Å². The molecule has 0 bridgehead atoms. The molecule has 0 spiro atoms. The van der Waals surface area contributed by atoms with Crippen LogP contribution in [0.5, 0.6) is 0 Å². The zero-order chi connectivity index (χ0) is 8.27. The predicted octanol–water partition coefficient (Wildman–Crippen LogP) is 1.59. The molecule has 0 atom stereocenters. The van der Waals surface area contributed by atoms with Crippen LogP contribution in [-0.2, 0) is 14.3 Å². The molecule has 1 heterocycles. The van der Waals surface area contributed by atoms with Gasteiger partial charge in [0.1, 0.15) is 0 Å². The van der Waals surface area contributed by atoms with Crippen LogP contribution in [0.15, 0.2) is 11.5 Å². The van der Waals surface area contributed by atoms with Crippen molar-refractivity contribution in [2.24, 2.45) is 0 Å². The fourth-order valence-corrected chi connectivity index (χ4v) is 1.14. The molecule has 3 nitrogen and oxygen atoms in total. The van der Waals surface area contributed by atoms with E-state index in [0.29, 0.717) is 12.4 Å². The fraction of sp³-hybridized carbons (Fsp3) is 0.625. The first-order valence-electron chi connectivity index (χ1n) is 3.74. The van der Waals surface area contributed by atoms with Crippen molar-refractivity contribution in [3.05, 3.63) is 11.5 Å². The highest BCUT2D eigenvalue weighted by atomic mass is 16.7. The van der Waals surface area contributed by atoms with Gasteiger partial charge in [0, 0.05) is 5.57 Å². The third-order valence-corrected chi connectivity index (χ3v) is 1.59. The van der Waals surface area contributed by atoms with E-state index < -0.39 is 0 Å². The summed E-state index contributed by atoms with van der Waals surface area (Å²) in [6.45, 7) is 2.06. The minimum Gasteiger partial charge on any atom is -0.468 e. The van der Waals surface area contributed by atoms with E-state index >= 15 is 0 Å². The third-order valence-electron chi connectivity index (χ3n) is 1.59. The second kappa shape index (κ2) is 3.42. The van der Waals surface area contributed by atoms with Crippen molar-refractivity contribution >= 4 is 5.97 Å². The van der Waals surface area contributed by atoms with Crippen LogP contribution in [-0.4, -0.2) is 13.1 Å². The standard InChI is InChI=1S/C8H12O3/c1-3-4-6-5-7(9)11-8(6)10-2/h3-5H2,1-2H3. The zero-order valence-electron chi connectivity index (χ0n) is 6.85. The van der Waals surface area contributed by atoms with E-state index in [9.17, 15) is 4.79 Å². The maximum absolute atomic E-state index is 10.8. The molecule has 0 aromatic rings. The summed E-state index contributed by atoms with van der Waals surface area (Å²) in [4.78, 5) is 10.8. The maximum Gasteiger partial charge on any atom is 0.317 e. The van der Waals surface area contributed by atoms with Crippen LogP contribution in [0.25, 0.3) is 0 Å².